The lowest BCUT2D eigenvalue weighted by Gasteiger charge is -2.10. The van der Waals surface area contributed by atoms with E-state index in [0.717, 1.165) is 5.56 Å². The lowest BCUT2D eigenvalue weighted by molar-refractivity contribution is 0.101. The summed E-state index contributed by atoms with van der Waals surface area (Å²) >= 11 is 6.05. The van der Waals surface area contributed by atoms with Crippen LogP contribution in [-0.2, 0) is 13.1 Å². The molecule has 0 radical (unpaired) electrons. The van der Waals surface area contributed by atoms with Crippen LogP contribution in [-0.4, -0.2) is 25.5 Å². The topological polar surface area (TPSA) is 81.8 Å². The Bertz CT molecular complexity index is 1310. The average Bonchev–Trinajstić information content (AvgIpc) is 3.15. The zero-order valence-corrected chi connectivity index (χ0v) is 17.3. The highest BCUT2D eigenvalue weighted by atomic mass is 35.5. The second-order valence-electron chi connectivity index (χ2n) is 7.02. The fourth-order valence-corrected chi connectivity index (χ4v) is 3.53. The van der Waals surface area contributed by atoms with E-state index in [2.05, 4.69) is 21.6 Å². The van der Waals surface area contributed by atoms with E-state index >= 15 is 0 Å². The molecule has 0 aliphatic carbocycles. The molecule has 0 aliphatic rings. The minimum atomic E-state index is -0.584. The number of halogens is 1. The summed E-state index contributed by atoms with van der Waals surface area (Å²) in [4.78, 5) is 25.6. The quantitative estimate of drug-likeness (QED) is 0.530. The van der Waals surface area contributed by atoms with Gasteiger partial charge in [0.1, 0.15) is 0 Å². The number of hydrogen-bond donors (Lipinski definition) is 1. The zero-order valence-electron chi connectivity index (χ0n) is 16.6. The molecule has 30 heavy (non-hydrogen) atoms. The van der Waals surface area contributed by atoms with Crippen molar-refractivity contribution in [3.8, 4) is 0 Å². The molecule has 4 rings (SSSR count). The van der Waals surface area contributed by atoms with Gasteiger partial charge in [-0.1, -0.05) is 41.4 Å². The fourth-order valence-electron chi connectivity index (χ4n) is 3.35. The van der Waals surface area contributed by atoms with Crippen LogP contribution in [0.2, 0.25) is 5.02 Å². The fraction of sp³-hybridized carbons (Fsp3) is 0.182. The summed E-state index contributed by atoms with van der Waals surface area (Å²) in [5.41, 5.74) is 2.76. The Morgan fingerprint density at radius 3 is 2.80 bits per heavy atom. The summed E-state index contributed by atoms with van der Waals surface area (Å²) in [5.74, 6) is -0.584. The van der Waals surface area contributed by atoms with E-state index in [1.807, 2.05) is 32.0 Å². The molecule has 2 aromatic carbocycles. The van der Waals surface area contributed by atoms with Crippen molar-refractivity contribution in [2.45, 2.75) is 26.9 Å². The number of carbonyl (C=O) groups excluding carboxylic acids is 1. The molecule has 0 atom stereocenters. The molecule has 2 aromatic heterocycles. The normalized spacial score (nSPS) is 11.0. The van der Waals surface area contributed by atoms with E-state index in [9.17, 15) is 9.59 Å². The number of aryl methyl sites for hydroxylation is 2. The predicted octanol–water partition coefficient (Wildman–Crippen LogP) is 3.88. The van der Waals surface area contributed by atoms with E-state index in [0.29, 0.717) is 34.7 Å². The van der Waals surface area contributed by atoms with Crippen LogP contribution in [0.25, 0.3) is 10.9 Å². The summed E-state index contributed by atoms with van der Waals surface area (Å²) < 4.78 is 3.34. The number of amides is 1. The van der Waals surface area contributed by atoms with E-state index in [4.69, 9.17) is 11.6 Å². The van der Waals surface area contributed by atoms with Gasteiger partial charge in [-0.15, -0.1) is 0 Å². The van der Waals surface area contributed by atoms with Crippen molar-refractivity contribution < 1.29 is 4.79 Å². The van der Waals surface area contributed by atoms with Gasteiger partial charge in [-0.2, -0.15) is 10.2 Å². The van der Waals surface area contributed by atoms with Crippen LogP contribution >= 0.6 is 11.6 Å². The van der Waals surface area contributed by atoms with E-state index in [1.165, 1.54) is 5.56 Å². The number of carbonyl (C=O) groups is 1. The van der Waals surface area contributed by atoms with Crippen LogP contribution in [0, 0.1) is 6.92 Å². The van der Waals surface area contributed by atoms with Crippen LogP contribution in [0.4, 0.5) is 5.69 Å². The summed E-state index contributed by atoms with van der Waals surface area (Å²) in [6.45, 7) is 5.01. The maximum absolute atomic E-state index is 12.8. The van der Waals surface area contributed by atoms with Gasteiger partial charge in [0.15, 0.2) is 5.69 Å². The first-order valence-corrected chi connectivity index (χ1v) is 9.92. The van der Waals surface area contributed by atoms with Crippen molar-refractivity contribution in [2.24, 2.45) is 0 Å². The van der Waals surface area contributed by atoms with Gasteiger partial charge in [-0.25, -0.2) is 0 Å². The van der Waals surface area contributed by atoms with Gasteiger partial charge in [-0.05, 0) is 37.6 Å². The Morgan fingerprint density at radius 1 is 1.20 bits per heavy atom. The standard InChI is InChI=1S/C22H20ClN5O2/c1-3-28-19-8-7-16(23)10-18(19)21(29)20(26-28)22(30)25-17-11-24-27(13-17)12-15-6-4-5-14(2)9-15/h4-11,13H,3,12H2,1-2H3,(H,25,30). The average molecular weight is 422 g/mol. The SMILES string of the molecule is CCn1nc(C(=O)Nc2cnn(Cc3cccc(C)c3)c2)c(=O)c2cc(Cl)ccc21. The monoisotopic (exact) mass is 421 g/mol. The van der Waals surface area contributed by atoms with E-state index in [-0.39, 0.29) is 5.69 Å². The van der Waals surface area contributed by atoms with Crippen LogP contribution in [0.3, 0.4) is 0 Å². The highest BCUT2D eigenvalue weighted by Crippen LogP contribution is 2.17. The number of anilines is 1. The number of nitrogens with one attached hydrogen (secondary N) is 1. The van der Waals surface area contributed by atoms with Crippen LogP contribution < -0.4 is 10.7 Å². The minimum absolute atomic E-state index is 0.182. The molecular formula is C22H20ClN5O2. The number of aromatic nitrogens is 4. The third-order valence-electron chi connectivity index (χ3n) is 4.75. The Morgan fingerprint density at radius 2 is 2.03 bits per heavy atom. The first-order valence-electron chi connectivity index (χ1n) is 9.54. The second kappa shape index (κ2) is 8.12. The molecule has 1 amide bonds. The molecule has 0 bridgehead atoms. The van der Waals surface area contributed by atoms with Gasteiger partial charge < -0.3 is 5.32 Å². The Hall–Kier alpha value is -3.45. The molecule has 0 unspecified atom stereocenters. The number of hydrogen-bond acceptors (Lipinski definition) is 4. The van der Waals surface area contributed by atoms with Crippen LogP contribution in [0.15, 0.2) is 59.7 Å². The van der Waals surface area contributed by atoms with Crippen molar-refractivity contribution >= 4 is 34.1 Å². The van der Waals surface area contributed by atoms with Crippen molar-refractivity contribution in [2.75, 3.05) is 5.32 Å². The van der Waals surface area contributed by atoms with Crippen molar-refractivity contribution in [1.82, 2.24) is 19.6 Å². The number of nitrogens with zero attached hydrogens (tertiary/aromatic N) is 4. The maximum Gasteiger partial charge on any atom is 0.280 e. The zero-order chi connectivity index (χ0) is 21.3. The summed E-state index contributed by atoms with van der Waals surface area (Å²) in [6.07, 6.45) is 3.26. The highest BCUT2D eigenvalue weighted by molar-refractivity contribution is 6.31. The number of benzene rings is 2. The van der Waals surface area contributed by atoms with Gasteiger partial charge >= 0.3 is 0 Å². The first kappa shape index (κ1) is 19.8. The predicted molar refractivity (Wildman–Crippen MR) is 117 cm³/mol. The van der Waals surface area contributed by atoms with Crippen molar-refractivity contribution in [1.29, 1.82) is 0 Å². The number of fused-ring (bicyclic) bond motifs is 1. The van der Waals surface area contributed by atoms with Crippen LogP contribution in [0.1, 0.15) is 28.5 Å². The van der Waals surface area contributed by atoms with Gasteiger partial charge in [0.2, 0.25) is 5.43 Å². The maximum atomic E-state index is 12.8. The Labute approximate surface area is 177 Å². The molecule has 0 aliphatic heterocycles. The second-order valence-corrected chi connectivity index (χ2v) is 7.46. The molecular weight excluding hydrogens is 402 g/mol. The molecule has 7 nitrogen and oxygen atoms in total. The summed E-state index contributed by atoms with van der Waals surface area (Å²) in [7, 11) is 0. The Kier molecular flexibility index (Phi) is 5.37. The molecule has 0 saturated carbocycles. The molecule has 1 N–H and O–H groups in total. The molecule has 0 fully saturated rings. The molecule has 152 valence electrons. The van der Waals surface area contributed by atoms with E-state index < -0.39 is 11.3 Å². The third-order valence-corrected chi connectivity index (χ3v) is 4.98. The van der Waals surface area contributed by atoms with Gasteiger partial charge in [0.25, 0.3) is 5.91 Å². The molecule has 0 spiro atoms. The largest absolute Gasteiger partial charge is 0.318 e. The smallest absolute Gasteiger partial charge is 0.280 e. The lowest BCUT2D eigenvalue weighted by atomic mass is 10.1. The van der Waals surface area contributed by atoms with Gasteiger partial charge in [0.05, 0.1) is 29.3 Å². The van der Waals surface area contributed by atoms with Crippen molar-refractivity contribution in [3.05, 3.63) is 86.9 Å². The number of rotatable bonds is 5. The molecule has 8 heteroatoms. The summed E-state index contributed by atoms with van der Waals surface area (Å²) in [6, 6.07) is 13.1. The van der Waals surface area contributed by atoms with Gasteiger partial charge in [0, 0.05) is 17.8 Å². The molecule has 2 heterocycles. The third kappa shape index (κ3) is 3.97. The van der Waals surface area contributed by atoms with Gasteiger partial charge in [-0.3, -0.25) is 19.0 Å². The molecule has 4 aromatic rings. The molecule has 0 saturated heterocycles. The first-order chi connectivity index (χ1) is 14.4. The highest BCUT2D eigenvalue weighted by Gasteiger charge is 2.18. The summed E-state index contributed by atoms with van der Waals surface area (Å²) in [5, 5.41) is 12.0. The lowest BCUT2D eigenvalue weighted by Crippen LogP contribution is -2.27. The van der Waals surface area contributed by atoms with E-state index in [1.54, 1.807) is 40.0 Å². The van der Waals surface area contributed by atoms with Crippen LogP contribution in [0.5, 0.6) is 0 Å². The van der Waals surface area contributed by atoms with Crippen molar-refractivity contribution in [3.63, 3.8) is 0 Å². The Balaban J connectivity index is 1.60. The minimum Gasteiger partial charge on any atom is -0.318 e.